The predicted octanol–water partition coefficient (Wildman–Crippen LogP) is 2.02. The molecule has 1 rings (SSSR count). The van der Waals surface area contributed by atoms with Gasteiger partial charge in [0.05, 0.1) is 13.0 Å². The van der Waals surface area contributed by atoms with Crippen LogP contribution in [0.25, 0.3) is 0 Å². The number of ether oxygens (including phenoxy) is 1. The monoisotopic (exact) mass is 286 g/mol. The number of anilines is 1. The minimum absolute atomic E-state index is 0. The van der Waals surface area contributed by atoms with Crippen LogP contribution in [0, 0.1) is 0 Å². The van der Waals surface area contributed by atoms with Gasteiger partial charge in [-0.15, -0.1) is 12.4 Å². The molecule has 0 aliphatic rings. The molecule has 5 nitrogen and oxygen atoms in total. The van der Waals surface area contributed by atoms with Gasteiger partial charge in [-0.25, -0.2) is 0 Å². The van der Waals surface area contributed by atoms with E-state index >= 15 is 0 Å². The lowest BCUT2D eigenvalue weighted by Gasteiger charge is -2.12. The normalized spacial score (nSPS) is 11.1. The number of benzene rings is 1. The molecule has 19 heavy (non-hydrogen) atoms. The van der Waals surface area contributed by atoms with Crippen molar-refractivity contribution in [3.05, 3.63) is 29.8 Å². The van der Waals surface area contributed by atoms with Gasteiger partial charge in [-0.1, -0.05) is 12.1 Å². The maximum atomic E-state index is 11.3. The summed E-state index contributed by atoms with van der Waals surface area (Å²) in [7, 11) is 0. The Labute approximate surface area is 118 Å². The molecule has 1 aromatic rings. The summed E-state index contributed by atoms with van der Waals surface area (Å²) in [5.74, 6) is -0.436. The first-order valence-corrected chi connectivity index (χ1v) is 5.81. The molecule has 0 unspecified atom stereocenters. The number of hydrogen-bond acceptors (Lipinski definition) is 4. The summed E-state index contributed by atoms with van der Waals surface area (Å²) >= 11 is 0. The van der Waals surface area contributed by atoms with Gasteiger partial charge in [0.2, 0.25) is 5.91 Å². The van der Waals surface area contributed by atoms with Crippen LogP contribution in [0.4, 0.5) is 5.69 Å². The Balaban J connectivity index is 0.00000324. The highest BCUT2D eigenvalue weighted by Gasteiger charge is 2.12. The van der Waals surface area contributed by atoms with Crippen LogP contribution < -0.4 is 11.1 Å². The van der Waals surface area contributed by atoms with Gasteiger partial charge in [-0.05, 0) is 24.6 Å². The van der Waals surface area contributed by atoms with Crippen LogP contribution in [0.2, 0.25) is 0 Å². The molecule has 0 aliphatic heterocycles. The third-order valence-corrected chi connectivity index (χ3v) is 2.35. The topological polar surface area (TPSA) is 81.4 Å². The molecule has 0 aromatic heterocycles. The van der Waals surface area contributed by atoms with Gasteiger partial charge in [0, 0.05) is 18.7 Å². The predicted molar refractivity (Wildman–Crippen MR) is 76.2 cm³/mol. The largest absolute Gasteiger partial charge is 0.466 e. The summed E-state index contributed by atoms with van der Waals surface area (Å²) in [5, 5.41) is 2.66. The molecule has 0 heterocycles. The fourth-order valence-corrected chi connectivity index (χ4v) is 1.53. The summed E-state index contributed by atoms with van der Waals surface area (Å²) in [4.78, 5) is 22.1. The molecule has 106 valence electrons. The first-order valence-electron chi connectivity index (χ1n) is 5.81. The van der Waals surface area contributed by atoms with E-state index in [4.69, 9.17) is 10.5 Å². The minimum Gasteiger partial charge on any atom is -0.466 e. The van der Waals surface area contributed by atoms with Crippen molar-refractivity contribution in [2.24, 2.45) is 5.73 Å². The second-order valence-corrected chi connectivity index (χ2v) is 3.92. The lowest BCUT2D eigenvalue weighted by Crippen LogP contribution is -2.17. The Bertz CT molecular complexity index is 420. The van der Waals surface area contributed by atoms with E-state index in [1.54, 1.807) is 31.2 Å². The zero-order valence-corrected chi connectivity index (χ0v) is 11.8. The fourth-order valence-electron chi connectivity index (χ4n) is 1.53. The van der Waals surface area contributed by atoms with Gasteiger partial charge in [-0.3, -0.25) is 9.59 Å². The zero-order chi connectivity index (χ0) is 13.5. The molecule has 6 heteroatoms. The lowest BCUT2D eigenvalue weighted by atomic mass is 10.0. The summed E-state index contributed by atoms with van der Waals surface area (Å²) in [6, 6.07) is 6.68. The molecule has 0 radical (unpaired) electrons. The number of rotatable bonds is 5. The summed E-state index contributed by atoms with van der Waals surface area (Å²) in [6.07, 6.45) is 0.146. The van der Waals surface area contributed by atoms with Crippen molar-refractivity contribution in [3.63, 3.8) is 0 Å². The third-order valence-electron chi connectivity index (χ3n) is 2.35. The van der Waals surface area contributed by atoms with E-state index < -0.39 is 6.04 Å². The lowest BCUT2D eigenvalue weighted by molar-refractivity contribution is -0.143. The molecule has 1 atom stereocenters. The fraction of sp³-hybridized carbons (Fsp3) is 0.385. The molecule has 0 spiro atoms. The van der Waals surface area contributed by atoms with Crippen LogP contribution in [0.5, 0.6) is 0 Å². The van der Waals surface area contributed by atoms with Crippen molar-refractivity contribution in [3.8, 4) is 0 Å². The van der Waals surface area contributed by atoms with E-state index in [9.17, 15) is 9.59 Å². The molecular weight excluding hydrogens is 268 g/mol. The van der Waals surface area contributed by atoms with E-state index in [1.165, 1.54) is 6.92 Å². The van der Waals surface area contributed by atoms with Crippen molar-refractivity contribution < 1.29 is 14.3 Å². The van der Waals surface area contributed by atoms with Crippen LogP contribution in [0.1, 0.15) is 31.9 Å². The molecule has 0 fully saturated rings. The molecule has 0 bridgehead atoms. The van der Waals surface area contributed by atoms with Gasteiger partial charge >= 0.3 is 5.97 Å². The standard InChI is InChI=1S/C13H18N2O3.ClH/c1-3-18-13(17)8-12(14)10-4-6-11(7-5-10)15-9(2)16;/h4-7,12H,3,8,14H2,1-2H3,(H,15,16);1H/t12-;/m1./s1. The quantitative estimate of drug-likeness (QED) is 0.812. The SMILES string of the molecule is CCOC(=O)C[C@@H](N)c1ccc(NC(C)=O)cc1.Cl. The average molecular weight is 287 g/mol. The number of carbonyl (C=O) groups excluding carboxylic acids is 2. The van der Waals surface area contributed by atoms with Crippen LogP contribution in [-0.4, -0.2) is 18.5 Å². The highest BCUT2D eigenvalue weighted by molar-refractivity contribution is 5.88. The van der Waals surface area contributed by atoms with Crippen LogP contribution >= 0.6 is 12.4 Å². The maximum Gasteiger partial charge on any atom is 0.307 e. The highest BCUT2D eigenvalue weighted by atomic mass is 35.5. The Morgan fingerprint density at radius 2 is 1.89 bits per heavy atom. The first kappa shape index (κ1) is 17.4. The summed E-state index contributed by atoms with van der Waals surface area (Å²) in [6.45, 7) is 3.55. The van der Waals surface area contributed by atoms with Crippen molar-refractivity contribution in [2.75, 3.05) is 11.9 Å². The van der Waals surface area contributed by atoms with E-state index in [0.29, 0.717) is 12.3 Å². The first-order chi connectivity index (χ1) is 8.52. The number of carbonyl (C=O) groups is 2. The number of nitrogens with two attached hydrogens (primary N) is 1. The number of halogens is 1. The van der Waals surface area contributed by atoms with Gasteiger partial charge in [0.1, 0.15) is 0 Å². The Hall–Kier alpha value is -1.59. The summed E-state index contributed by atoms with van der Waals surface area (Å²) < 4.78 is 4.83. The second-order valence-electron chi connectivity index (χ2n) is 3.92. The van der Waals surface area contributed by atoms with Crippen LogP contribution in [0.3, 0.4) is 0 Å². The number of hydrogen-bond donors (Lipinski definition) is 2. The van der Waals surface area contributed by atoms with Gasteiger partial charge in [-0.2, -0.15) is 0 Å². The highest BCUT2D eigenvalue weighted by Crippen LogP contribution is 2.17. The summed E-state index contributed by atoms with van der Waals surface area (Å²) in [5.41, 5.74) is 7.42. The van der Waals surface area contributed by atoms with E-state index in [2.05, 4.69) is 5.32 Å². The van der Waals surface area contributed by atoms with Crippen LogP contribution in [0.15, 0.2) is 24.3 Å². The van der Waals surface area contributed by atoms with Crippen molar-refractivity contribution in [1.29, 1.82) is 0 Å². The van der Waals surface area contributed by atoms with Gasteiger partial charge in [0.15, 0.2) is 0 Å². The molecule has 0 aliphatic carbocycles. The molecule has 1 aromatic carbocycles. The average Bonchev–Trinajstić information content (AvgIpc) is 2.29. The minimum atomic E-state index is -0.393. The second kappa shape index (κ2) is 8.50. The van der Waals surface area contributed by atoms with Crippen LogP contribution in [-0.2, 0) is 14.3 Å². The van der Waals surface area contributed by atoms with Crippen molar-refractivity contribution in [1.82, 2.24) is 0 Å². The zero-order valence-electron chi connectivity index (χ0n) is 11.0. The van der Waals surface area contributed by atoms with E-state index in [1.807, 2.05) is 0 Å². The number of amides is 1. The van der Waals surface area contributed by atoms with E-state index in [0.717, 1.165) is 5.56 Å². The van der Waals surface area contributed by atoms with Gasteiger partial charge < -0.3 is 15.8 Å². The Morgan fingerprint density at radius 3 is 2.37 bits per heavy atom. The Kier molecular flexibility index (Phi) is 7.79. The number of esters is 1. The van der Waals surface area contributed by atoms with Crippen molar-refractivity contribution in [2.45, 2.75) is 26.3 Å². The molecule has 0 saturated heterocycles. The smallest absolute Gasteiger partial charge is 0.307 e. The number of nitrogens with one attached hydrogen (secondary N) is 1. The van der Waals surface area contributed by atoms with E-state index in [-0.39, 0.29) is 30.7 Å². The Morgan fingerprint density at radius 1 is 1.32 bits per heavy atom. The maximum absolute atomic E-state index is 11.3. The molecule has 1 amide bonds. The van der Waals surface area contributed by atoms with Gasteiger partial charge in [0.25, 0.3) is 0 Å². The molecule has 0 saturated carbocycles. The molecule has 3 N–H and O–H groups in total. The third kappa shape index (κ3) is 6.22. The molecular formula is C13H19ClN2O3. The van der Waals surface area contributed by atoms with Crippen molar-refractivity contribution >= 4 is 30.0 Å².